The highest BCUT2D eigenvalue weighted by Gasteiger charge is 2.21. The van der Waals surface area contributed by atoms with E-state index in [1.807, 2.05) is 0 Å². The molecule has 3 aromatic rings. The quantitative estimate of drug-likeness (QED) is 0.257. The van der Waals surface area contributed by atoms with Gasteiger partial charge in [0.25, 0.3) is 0 Å². The number of hydrogen-bond donors (Lipinski definition) is 1. The van der Waals surface area contributed by atoms with Crippen LogP contribution < -0.4 is 15.2 Å². The third-order valence-corrected chi connectivity index (χ3v) is 6.26. The fourth-order valence-electron chi connectivity index (χ4n) is 3.99. The fourth-order valence-corrected chi connectivity index (χ4v) is 4.18. The predicted molar refractivity (Wildman–Crippen MR) is 142 cm³/mol. The van der Waals surface area contributed by atoms with Crippen LogP contribution in [0.1, 0.15) is 23.0 Å². The second-order valence-electron chi connectivity index (χ2n) is 8.44. The summed E-state index contributed by atoms with van der Waals surface area (Å²) in [7, 11) is 0. The number of furan rings is 1. The van der Waals surface area contributed by atoms with Gasteiger partial charge in [0.05, 0.1) is 49.8 Å². The van der Waals surface area contributed by atoms with Crippen LogP contribution in [0.4, 0.5) is 17.8 Å². The number of hydrogen-bond acceptors (Lipinski definition) is 12. The van der Waals surface area contributed by atoms with Crippen molar-refractivity contribution in [2.45, 2.75) is 6.92 Å². The molecule has 38 heavy (non-hydrogen) atoms. The van der Waals surface area contributed by atoms with E-state index in [0.29, 0.717) is 92.6 Å². The van der Waals surface area contributed by atoms with Crippen molar-refractivity contribution in [3.8, 4) is 11.3 Å². The number of ether oxygens (including phenoxy) is 3. The molecule has 12 nitrogen and oxygen atoms in total. The lowest BCUT2D eigenvalue weighted by Crippen LogP contribution is -2.40. The van der Waals surface area contributed by atoms with Crippen LogP contribution >= 0.6 is 11.6 Å². The minimum absolute atomic E-state index is 0.261. The van der Waals surface area contributed by atoms with Gasteiger partial charge in [-0.2, -0.15) is 20.1 Å². The van der Waals surface area contributed by atoms with Gasteiger partial charge in [0.1, 0.15) is 11.5 Å². The maximum atomic E-state index is 12.2. The molecule has 0 atom stereocenters. The summed E-state index contributed by atoms with van der Waals surface area (Å²) in [5.74, 6) is 2.03. The van der Waals surface area contributed by atoms with Gasteiger partial charge in [-0.05, 0) is 37.3 Å². The Bertz CT molecular complexity index is 1250. The zero-order valence-corrected chi connectivity index (χ0v) is 21.7. The zero-order chi connectivity index (χ0) is 26.3. The van der Waals surface area contributed by atoms with Crippen molar-refractivity contribution in [1.29, 1.82) is 0 Å². The number of carbonyl (C=O) groups excluding carboxylic acids is 1. The van der Waals surface area contributed by atoms with Crippen molar-refractivity contribution in [2.24, 2.45) is 5.10 Å². The molecule has 2 saturated heterocycles. The Morgan fingerprint density at radius 1 is 1.03 bits per heavy atom. The van der Waals surface area contributed by atoms with Crippen LogP contribution in [0, 0.1) is 0 Å². The van der Waals surface area contributed by atoms with Crippen LogP contribution in [0.25, 0.3) is 11.3 Å². The maximum Gasteiger partial charge on any atom is 0.339 e. The minimum Gasteiger partial charge on any atom is -0.462 e. The molecule has 0 bridgehead atoms. The highest BCUT2D eigenvalue weighted by Crippen LogP contribution is 2.27. The molecule has 0 spiro atoms. The molecule has 2 aromatic heterocycles. The first-order valence-electron chi connectivity index (χ1n) is 12.4. The molecule has 0 radical (unpaired) electrons. The van der Waals surface area contributed by atoms with Crippen molar-refractivity contribution in [2.75, 3.05) is 74.4 Å². The largest absolute Gasteiger partial charge is 0.462 e. The second-order valence-corrected chi connectivity index (χ2v) is 8.85. The van der Waals surface area contributed by atoms with Crippen molar-refractivity contribution >= 4 is 41.6 Å². The van der Waals surface area contributed by atoms with E-state index in [1.165, 1.54) is 6.21 Å². The smallest absolute Gasteiger partial charge is 0.339 e. The Morgan fingerprint density at radius 2 is 1.68 bits per heavy atom. The zero-order valence-electron chi connectivity index (χ0n) is 20.9. The first-order chi connectivity index (χ1) is 18.6. The van der Waals surface area contributed by atoms with Crippen molar-refractivity contribution in [3.05, 3.63) is 46.7 Å². The molecule has 2 fully saturated rings. The van der Waals surface area contributed by atoms with E-state index in [0.717, 1.165) is 0 Å². The first-order valence-corrected chi connectivity index (χ1v) is 12.8. The Balaban J connectivity index is 1.32. The van der Waals surface area contributed by atoms with Crippen molar-refractivity contribution < 1.29 is 23.4 Å². The summed E-state index contributed by atoms with van der Waals surface area (Å²) >= 11 is 6.17. The Kier molecular flexibility index (Phi) is 8.31. The molecule has 4 heterocycles. The van der Waals surface area contributed by atoms with Crippen LogP contribution in [-0.4, -0.2) is 86.3 Å². The van der Waals surface area contributed by atoms with Gasteiger partial charge in [-0.3, -0.25) is 0 Å². The normalized spacial score (nSPS) is 16.2. The minimum atomic E-state index is -0.484. The molecular formula is C25H28ClN7O5. The number of carbonyl (C=O) groups is 1. The summed E-state index contributed by atoms with van der Waals surface area (Å²) in [6.07, 6.45) is 1.53. The predicted octanol–water partition coefficient (Wildman–Crippen LogP) is 3.08. The molecule has 0 saturated carbocycles. The van der Waals surface area contributed by atoms with E-state index in [-0.39, 0.29) is 12.2 Å². The number of nitrogens with one attached hydrogen (secondary N) is 1. The topological polar surface area (TPSA) is 127 Å². The highest BCUT2D eigenvalue weighted by molar-refractivity contribution is 6.33. The third-order valence-electron chi connectivity index (χ3n) is 5.93. The monoisotopic (exact) mass is 541 g/mol. The van der Waals surface area contributed by atoms with Gasteiger partial charge in [0.15, 0.2) is 0 Å². The van der Waals surface area contributed by atoms with E-state index in [9.17, 15) is 4.79 Å². The number of nitrogens with zero attached hydrogens (tertiary/aromatic N) is 6. The van der Waals surface area contributed by atoms with Gasteiger partial charge in [0, 0.05) is 31.7 Å². The molecule has 0 amide bonds. The number of halogens is 1. The molecule has 1 N–H and O–H groups in total. The van der Waals surface area contributed by atoms with Gasteiger partial charge >= 0.3 is 5.97 Å². The lowest BCUT2D eigenvalue weighted by atomic mass is 10.1. The molecule has 0 unspecified atom stereocenters. The number of morpholine rings is 2. The average molecular weight is 542 g/mol. The molecule has 2 aliphatic heterocycles. The van der Waals surface area contributed by atoms with E-state index in [2.05, 4.69) is 35.3 Å². The van der Waals surface area contributed by atoms with Gasteiger partial charge in [-0.1, -0.05) is 11.6 Å². The van der Waals surface area contributed by atoms with E-state index < -0.39 is 5.97 Å². The summed E-state index contributed by atoms with van der Waals surface area (Å²) in [4.78, 5) is 30.1. The van der Waals surface area contributed by atoms with Crippen molar-refractivity contribution in [1.82, 2.24) is 15.0 Å². The molecule has 2 aliphatic rings. The Labute approximate surface area is 224 Å². The number of esters is 1. The SMILES string of the molecule is CCOC(=O)c1cc(-c2ccc(/C=N\Nc3nc(N4CCOCC4)nc(N4CCOCC4)n3)o2)ccc1Cl. The van der Waals surface area contributed by atoms with Crippen LogP contribution in [0.15, 0.2) is 39.9 Å². The van der Waals surface area contributed by atoms with E-state index in [4.69, 9.17) is 30.2 Å². The number of rotatable bonds is 8. The van der Waals surface area contributed by atoms with Crippen LogP contribution in [0.5, 0.6) is 0 Å². The standard InChI is InChI=1S/C25H28ClN7O5/c1-2-37-22(34)19-15-17(3-5-20(19)26)21-6-4-18(38-21)16-27-31-23-28-24(32-7-11-35-12-8-32)30-25(29-23)33-9-13-36-14-10-33/h3-6,15-16H,2,7-14H2,1H3,(H,28,29,30,31)/b27-16-. The van der Waals surface area contributed by atoms with Gasteiger partial charge < -0.3 is 28.4 Å². The summed E-state index contributed by atoms with van der Waals surface area (Å²) < 4.78 is 21.9. The maximum absolute atomic E-state index is 12.2. The lowest BCUT2D eigenvalue weighted by Gasteiger charge is -2.30. The Morgan fingerprint density at radius 3 is 2.32 bits per heavy atom. The number of anilines is 3. The molecule has 0 aliphatic carbocycles. The molecule has 1 aromatic carbocycles. The third kappa shape index (κ3) is 6.21. The summed E-state index contributed by atoms with van der Waals surface area (Å²) in [5, 5.41) is 4.59. The van der Waals surface area contributed by atoms with Crippen LogP contribution in [-0.2, 0) is 14.2 Å². The van der Waals surface area contributed by atoms with E-state index in [1.54, 1.807) is 37.3 Å². The number of aromatic nitrogens is 3. The second kappa shape index (κ2) is 12.2. The van der Waals surface area contributed by atoms with E-state index >= 15 is 0 Å². The summed E-state index contributed by atoms with van der Waals surface area (Å²) in [6, 6.07) is 8.61. The number of hydrazone groups is 1. The lowest BCUT2D eigenvalue weighted by molar-refractivity contribution is 0.0526. The van der Waals surface area contributed by atoms with Gasteiger partial charge in [0.2, 0.25) is 17.8 Å². The molecule has 13 heteroatoms. The fraction of sp³-hybridized carbons (Fsp3) is 0.400. The summed E-state index contributed by atoms with van der Waals surface area (Å²) in [5.41, 5.74) is 3.87. The van der Waals surface area contributed by atoms with Gasteiger partial charge in [-0.15, -0.1) is 0 Å². The van der Waals surface area contributed by atoms with Crippen molar-refractivity contribution in [3.63, 3.8) is 0 Å². The van der Waals surface area contributed by atoms with Gasteiger partial charge in [-0.25, -0.2) is 10.2 Å². The average Bonchev–Trinajstić information content (AvgIpc) is 3.43. The highest BCUT2D eigenvalue weighted by atomic mass is 35.5. The Hall–Kier alpha value is -3.74. The van der Waals surface area contributed by atoms with Crippen LogP contribution in [0.2, 0.25) is 5.02 Å². The number of benzene rings is 1. The molecule has 200 valence electrons. The molecular weight excluding hydrogens is 514 g/mol. The molecule has 5 rings (SSSR count). The van der Waals surface area contributed by atoms with Crippen LogP contribution in [0.3, 0.4) is 0 Å². The summed E-state index contributed by atoms with van der Waals surface area (Å²) in [6.45, 7) is 7.29. The first kappa shape index (κ1) is 25.9.